The van der Waals surface area contributed by atoms with Crippen molar-refractivity contribution >= 4 is 23.2 Å². The van der Waals surface area contributed by atoms with Gasteiger partial charge in [0.05, 0.1) is 17.8 Å². The first kappa shape index (κ1) is 8.62. The number of pyridine rings is 1. The van der Waals surface area contributed by atoms with E-state index in [2.05, 4.69) is 4.98 Å². The monoisotopic (exact) mass is 191 g/mol. The molecule has 2 nitrogen and oxygen atoms in total. The molecular formula is C7H7Cl2NO. The molecule has 0 radical (unpaired) electrons. The van der Waals surface area contributed by atoms with Crippen molar-refractivity contribution in [2.75, 3.05) is 7.11 Å². The van der Waals surface area contributed by atoms with Gasteiger partial charge in [-0.15, -0.1) is 0 Å². The summed E-state index contributed by atoms with van der Waals surface area (Å²) in [6, 6.07) is 1.55. The van der Waals surface area contributed by atoms with Crippen LogP contribution in [0.15, 0.2) is 6.07 Å². The fourth-order valence-electron chi connectivity index (χ4n) is 0.831. The van der Waals surface area contributed by atoms with Crippen LogP contribution in [0.2, 0.25) is 10.2 Å². The third kappa shape index (κ3) is 1.76. The van der Waals surface area contributed by atoms with E-state index < -0.39 is 0 Å². The summed E-state index contributed by atoms with van der Waals surface area (Å²) in [7, 11) is 1.55. The molecule has 11 heavy (non-hydrogen) atoms. The second-order valence-electron chi connectivity index (χ2n) is 2.05. The molecule has 0 unspecified atom stereocenters. The molecule has 1 aromatic rings. The molecule has 1 heterocycles. The first-order valence-corrected chi connectivity index (χ1v) is 3.77. The fourth-order valence-corrected chi connectivity index (χ4v) is 1.44. The fraction of sp³-hybridized carbons (Fsp3) is 0.286. The van der Waals surface area contributed by atoms with Gasteiger partial charge in [-0.2, -0.15) is 0 Å². The van der Waals surface area contributed by atoms with E-state index in [-0.39, 0.29) is 0 Å². The van der Waals surface area contributed by atoms with Crippen molar-refractivity contribution in [2.24, 2.45) is 0 Å². The van der Waals surface area contributed by atoms with Crippen molar-refractivity contribution in [3.8, 4) is 5.75 Å². The maximum atomic E-state index is 5.79. The van der Waals surface area contributed by atoms with Crippen LogP contribution in [0.25, 0.3) is 0 Å². The number of nitrogens with zero attached hydrogens (tertiary/aromatic N) is 1. The quantitative estimate of drug-likeness (QED) is 0.638. The van der Waals surface area contributed by atoms with Crippen LogP contribution in [0, 0.1) is 6.92 Å². The first-order valence-electron chi connectivity index (χ1n) is 3.01. The summed E-state index contributed by atoms with van der Waals surface area (Å²) in [6.07, 6.45) is 0. The minimum Gasteiger partial charge on any atom is -0.493 e. The van der Waals surface area contributed by atoms with Crippen LogP contribution in [-0.2, 0) is 0 Å². The molecule has 0 amide bonds. The Kier molecular flexibility index (Phi) is 2.58. The Morgan fingerprint density at radius 2 is 2.09 bits per heavy atom. The van der Waals surface area contributed by atoms with Crippen molar-refractivity contribution in [3.63, 3.8) is 0 Å². The molecule has 4 heteroatoms. The molecule has 0 spiro atoms. The zero-order valence-electron chi connectivity index (χ0n) is 6.19. The number of halogens is 2. The van der Waals surface area contributed by atoms with Gasteiger partial charge in [0.2, 0.25) is 0 Å². The maximum Gasteiger partial charge on any atom is 0.158 e. The summed E-state index contributed by atoms with van der Waals surface area (Å²) in [5.41, 5.74) is 0.699. The molecule has 0 saturated heterocycles. The Hall–Kier alpha value is -0.470. The van der Waals surface area contributed by atoms with E-state index in [1.807, 2.05) is 0 Å². The van der Waals surface area contributed by atoms with Gasteiger partial charge in [-0.3, -0.25) is 0 Å². The van der Waals surface area contributed by atoms with E-state index in [9.17, 15) is 0 Å². The van der Waals surface area contributed by atoms with Crippen molar-refractivity contribution in [3.05, 3.63) is 21.9 Å². The summed E-state index contributed by atoms with van der Waals surface area (Å²) < 4.78 is 4.98. The summed E-state index contributed by atoms with van der Waals surface area (Å²) in [4.78, 5) is 3.96. The van der Waals surface area contributed by atoms with E-state index in [4.69, 9.17) is 27.9 Å². The van der Waals surface area contributed by atoms with Crippen molar-refractivity contribution in [2.45, 2.75) is 6.92 Å². The van der Waals surface area contributed by atoms with Crippen molar-refractivity contribution < 1.29 is 4.74 Å². The number of hydrogen-bond acceptors (Lipinski definition) is 2. The lowest BCUT2D eigenvalue weighted by atomic mass is 10.3. The predicted molar refractivity (Wildman–Crippen MR) is 45.5 cm³/mol. The van der Waals surface area contributed by atoms with Crippen LogP contribution >= 0.6 is 23.2 Å². The van der Waals surface area contributed by atoms with E-state index in [1.165, 1.54) is 0 Å². The van der Waals surface area contributed by atoms with Gasteiger partial charge in [0, 0.05) is 0 Å². The van der Waals surface area contributed by atoms with Gasteiger partial charge >= 0.3 is 0 Å². The predicted octanol–water partition coefficient (Wildman–Crippen LogP) is 2.71. The highest BCUT2D eigenvalue weighted by atomic mass is 35.5. The molecule has 60 valence electrons. The maximum absolute atomic E-state index is 5.79. The Bertz CT molecular complexity index is 252. The molecule has 0 aliphatic rings. The minimum absolute atomic E-state index is 0.383. The van der Waals surface area contributed by atoms with Crippen LogP contribution < -0.4 is 4.74 Å². The normalized spacial score (nSPS) is 9.82. The Morgan fingerprint density at radius 1 is 1.45 bits per heavy atom. The first-order chi connectivity index (χ1) is 5.15. The average molecular weight is 192 g/mol. The number of aryl methyl sites for hydroxylation is 1. The third-order valence-corrected chi connectivity index (χ3v) is 1.74. The van der Waals surface area contributed by atoms with E-state index in [0.29, 0.717) is 21.6 Å². The number of ether oxygens (including phenoxy) is 1. The molecular weight excluding hydrogens is 185 g/mol. The number of methoxy groups -OCH3 is 1. The van der Waals surface area contributed by atoms with E-state index >= 15 is 0 Å². The van der Waals surface area contributed by atoms with Gasteiger partial charge in [-0.05, 0) is 13.0 Å². The molecule has 0 aliphatic carbocycles. The summed E-state index contributed by atoms with van der Waals surface area (Å²) >= 11 is 11.4. The molecule has 1 aromatic heterocycles. The van der Waals surface area contributed by atoms with E-state index in [1.54, 1.807) is 20.1 Å². The number of hydrogen-bond donors (Lipinski definition) is 0. The lowest BCUT2D eigenvalue weighted by Crippen LogP contribution is -1.91. The van der Waals surface area contributed by atoms with Crippen LogP contribution in [0.1, 0.15) is 5.69 Å². The summed E-state index contributed by atoms with van der Waals surface area (Å²) in [6.45, 7) is 1.79. The van der Waals surface area contributed by atoms with Crippen LogP contribution in [0.4, 0.5) is 0 Å². The lowest BCUT2D eigenvalue weighted by Gasteiger charge is -2.05. The highest BCUT2D eigenvalue weighted by Gasteiger charge is 2.06. The van der Waals surface area contributed by atoms with Gasteiger partial charge in [0.15, 0.2) is 5.75 Å². The summed E-state index contributed by atoms with van der Waals surface area (Å²) in [5.74, 6) is 0.580. The molecule has 0 bridgehead atoms. The Morgan fingerprint density at radius 3 is 2.55 bits per heavy atom. The van der Waals surface area contributed by atoms with Gasteiger partial charge in [-0.1, -0.05) is 23.2 Å². The van der Waals surface area contributed by atoms with Crippen molar-refractivity contribution in [1.82, 2.24) is 4.98 Å². The zero-order valence-corrected chi connectivity index (χ0v) is 7.70. The van der Waals surface area contributed by atoms with Gasteiger partial charge in [-0.25, -0.2) is 4.98 Å². The van der Waals surface area contributed by atoms with Crippen LogP contribution in [0.5, 0.6) is 5.75 Å². The smallest absolute Gasteiger partial charge is 0.158 e. The minimum atomic E-state index is 0.383. The topological polar surface area (TPSA) is 22.1 Å². The molecule has 0 N–H and O–H groups in total. The SMILES string of the molecule is COc1c(Cl)cc(Cl)nc1C. The highest BCUT2D eigenvalue weighted by molar-refractivity contribution is 6.35. The average Bonchev–Trinajstić information content (AvgIpc) is 1.85. The summed E-state index contributed by atoms with van der Waals surface area (Å²) in [5, 5.41) is 0.873. The lowest BCUT2D eigenvalue weighted by molar-refractivity contribution is 0.409. The van der Waals surface area contributed by atoms with Gasteiger partial charge in [0.1, 0.15) is 5.15 Å². The Balaban J connectivity index is 3.25. The van der Waals surface area contributed by atoms with Crippen LogP contribution in [0.3, 0.4) is 0 Å². The second kappa shape index (κ2) is 3.28. The standard InChI is InChI=1S/C7H7Cl2NO/c1-4-7(11-2)5(8)3-6(9)10-4/h3H,1-2H3. The zero-order chi connectivity index (χ0) is 8.43. The van der Waals surface area contributed by atoms with E-state index in [0.717, 1.165) is 0 Å². The Labute approximate surface area is 75.1 Å². The molecule has 0 aromatic carbocycles. The van der Waals surface area contributed by atoms with Gasteiger partial charge in [0.25, 0.3) is 0 Å². The molecule has 0 aliphatic heterocycles. The number of rotatable bonds is 1. The molecule has 0 saturated carbocycles. The number of aromatic nitrogens is 1. The molecule has 1 rings (SSSR count). The molecule has 0 fully saturated rings. The highest BCUT2D eigenvalue weighted by Crippen LogP contribution is 2.28. The van der Waals surface area contributed by atoms with Crippen LogP contribution in [-0.4, -0.2) is 12.1 Å². The molecule has 0 atom stereocenters. The third-order valence-electron chi connectivity index (χ3n) is 1.27. The van der Waals surface area contributed by atoms with Gasteiger partial charge < -0.3 is 4.74 Å². The van der Waals surface area contributed by atoms with Crippen molar-refractivity contribution in [1.29, 1.82) is 0 Å². The second-order valence-corrected chi connectivity index (χ2v) is 2.84. The largest absolute Gasteiger partial charge is 0.493 e.